The Labute approximate surface area is 494 Å². The number of hydrogen-bond donors (Lipinski definition) is 3. The largest absolute Gasteiger partial charge is 0.487 e. The van der Waals surface area contributed by atoms with Crippen LogP contribution in [-0.2, 0) is 26.6 Å². The molecule has 0 bridgehead atoms. The third kappa shape index (κ3) is 25.3. The molecule has 2 aromatic carbocycles. The normalized spacial score (nSPS) is 19.2. The average molecular weight is 1120 g/mol. The number of aliphatic hydroxyl groups is 3. The zero-order valence-corrected chi connectivity index (χ0v) is 55.8. The number of rotatable bonds is 28. The van der Waals surface area contributed by atoms with Crippen molar-refractivity contribution >= 4 is 26.6 Å². The van der Waals surface area contributed by atoms with Crippen molar-refractivity contribution in [3.8, 4) is 12.3 Å². The lowest BCUT2D eigenvalue weighted by molar-refractivity contribution is 0.00578. The molecule has 0 aromatic heterocycles. The van der Waals surface area contributed by atoms with Gasteiger partial charge in [0.05, 0.1) is 35.1 Å². The van der Waals surface area contributed by atoms with Gasteiger partial charge in [-0.25, -0.2) is 0 Å². The first kappa shape index (κ1) is 72.8. The maximum Gasteiger partial charge on any atom is 0.487 e. The molecular formula is C72H119BO6Si. The minimum Gasteiger partial charge on any atom is -0.409 e. The molecule has 0 amide bonds. The van der Waals surface area contributed by atoms with Gasteiger partial charge in [-0.1, -0.05) is 194 Å². The maximum absolute atomic E-state index is 10.1. The predicted molar refractivity (Wildman–Crippen MR) is 351 cm³/mol. The molecule has 1 saturated carbocycles. The summed E-state index contributed by atoms with van der Waals surface area (Å²) in [6.45, 7) is 50.1. The lowest BCUT2D eigenvalue weighted by Crippen LogP contribution is -2.50. The van der Waals surface area contributed by atoms with E-state index >= 15 is 0 Å². The zero-order valence-electron chi connectivity index (χ0n) is 54.8. The molecule has 0 radical (unpaired) electrons. The fourth-order valence-corrected chi connectivity index (χ4v) is 16.9. The van der Waals surface area contributed by atoms with Crippen molar-refractivity contribution in [2.24, 2.45) is 11.3 Å². The standard InChI is InChI=1S/C27H40O3.C26H43BO2.C19H36OSi/c1-5-6-12-22(14-15-23-18-25(28)19-26(29)20(23)2)24-13-9-11-21(17-24)10-7-8-16-27(3,4)30;1-9-10-16-23(20-27-28-25(5,6)26(7,8)29-27)22-17-13-15-21(19-22)14-11-12-18-24(2,3)4;1-11-12-18(10)13-19(14(2)3)20-21(15(4)5,16(6)7)17(8)9/h9,11,13-15,17,25-26,28-30H,2,5-8,10,12,16,18-19H2,1,3-4H3;13,15,17,19-20H,9-12,14,16,18H2,1-8H3;1,15-19H,2,12-13H2,3-10H3/b22-14+,23-15-;23-20+;/t25-,26+;;18-,19+/m1.1/s1. The van der Waals surface area contributed by atoms with E-state index in [1.165, 1.54) is 65.5 Å². The summed E-state index contributed by atoms with van der Waals surface area (Å²) in [4.78, 5) is 0. The second kappa shape index (κ2) is 34.5. The van der Waals surface area contributed by atoms with Crippen LogP contribution in [0.5, 0.6) is 0 Å². The molecule has 0 spiro atoms. The highest BCUT2D eigenvalue weighted by Gasteiger charge is 2.50. The number of terminal acetylenes is 1. The number of hydrogen-bond acceptors (Lipinski definition) is 6. The van der Waals surface area contributed by atoms with Gasteiger partial charge in [0, 0.05) is 12.8 Å². The molecule has 1 aliphatic carbocycles. The highest BCUT2D eigenvalue weighted by molar-refractivity contribution is 6.77. The lowest BCUT2D eigenvalue weighted by Gasteiger charge is -2.45. The van der Waals surface area contributed by atoms with Crippen molar-refractivity contribution in [1.82, 2.24) is 0 Å². The Morgan fingerprint density at radius 2 is 1.27 bits per heavy atom. The van der Waals surface area contributed by atoms with Gasteiger partial charge in [-0.05, 0) is 198 Å². The first-order chi connectivity index (χ1) is 37.2. The second-order valence-corrected chi connectivity index (χ2v) is 33.2. The van der Waals surface area contributed by atoms with Gasteiger partial charge in [-0.3, -0.25) is 0 Å². The molecule has 6 nitrogen and oxygen atoms in total. The van der Waals surface area contributed by atoms with Crippen molar-refractivity contribution in [3.63, 3.8) is 0 Å². The Morgan fingerprint density at radius 3 is 1.73 bits per heavy atom. The van der Waals surface area contributed by atoms with Gasteiger partial charge in [-0.15, -0.1) is 12.3 Å². The summed E-state index contributed by atoms with van der Waals surface area (Å²) in [7, 11) is -2.13. The Hall–Kier alpha value is -3.26. The van der Waals surface area contributed by atoms with E-state index in [2.05, 4.69) is 197 Å². The smallest absolute Gasteiger partial charge is 0.409 e. The Bertz CT molecular complexity index is 2260. The summed E-state index contributed by atoms with van der Waals surface area (Å²) in [5.74, 6) is 5.46. The van der Waals surface area contributed by atoms with Crippen molar-refractivity contribution in [2.75, 3.05) is 0 Å². The van der Waals surface area contributed by atoms with E-state index in [1.54, 1.807) is 0 Å². The van der Waals surface area contributed by atoms with E-state index in [4.69, 9.17) is 20.2 Å². The maximum atomic E-state index is 10.1. The minimum atomic E-state index is -1.86. The number of benzene rings is 2. The molecule has 80 heavy (non-hydrogen) atoms. The van der Waals surface area contributed by atoms with Crippen molar-refractivity contribution in [3.05, 3.63) is 119 Å². The summed E-state index contributed by atoms with van der Waals surface area (Å²) in [6.07, 6.45) is 26.9. The van der Waals surface area contributed by atoms with E-state index in [9.17, 15) is 15.3 Å². The number of aryl methyl sites for hydroxylation is 2. The number of aliphatic hydroxyl groups excluding tert-OH is 2. The first-order valence-corrected chi connectivity index (χ1v) is 33.5. The van der Waals surface area contributed by atoms with Crippen LogP contribution in [0.1, 0.15) is 257 Å². The fourth-order valence-electron chi connectivity index (χ4n) is 11.3. The van der Waals surface area contributed by atoms with Gasteiger partial charge in [0.1, 0.15) is 0 Å². The molecule has 3 N–H and O–H groups in total. The lowest BCUT2D eigenvalue weighted by atomic mass is 9.83. The topological polar surface area (TPSA) is 88.4 Å². The number of unbranched alkanes of at least 4 members (excludes halogenated alkanes) is 4. The van der Waals surface area contributed by atoms with Crippen molar-refractivity contribution in [2.45, 2.75) is 299 Å². The summed E-state index contributed by atoms with van der Waals surface area (Å²) < 4.78 is 19.3. The number of allylic oxidation sites excluding steroid dienone is 4. The molecule has 450 valence electrons. The molecule has 0 unspecified atom stereocenters. The molecule has 4 rings (SSSR count). The highest BCUT2D eigenvalue weighted by Crippen LogP contribution is 2.44. The minimum absolute atomic E-state index is 0.146. The van der Waals surface area contributed by atoms with Crippen molar-refractivity contribution in [1.29, 1.82) is 0 Å². The van der Waals surface area contributed by atoms with Gasteiger partial charge < -0.3 is 29.1 Å². The van der Waals surface area contributed by atoms with Gasteiger partial charge in [0.15, 0.2) is 0 Å². The van der Waals surface area contributed by atoms with E-state index in [0.717, 1.165) is 87.3 Å². The van der Waals surface area contributed by atoms with Crippen molar-refractivity contribution < 1.29 is 29.1 Å². The highest BCUT2D eigenvalue weighted by atomic mass is 28.4. The molecule has 2 fully saturated rings. The van der Waals surface area contributed by atoms with Crippen LogP contribution in [0.3, 0.4) is 0 Å². The quantitative estimate of drug-likeness (QED) is 0.0341. The monoisotopic (exact) mass is 1120 g/mol. The average Bonchev–Trinajstić information content (AvgIpc) is 3.56. The molecule has 4 atom stereocenters. The van der Waals surface area contributed by atoms with Crippen LogP contribution < -0.4 is 0 Å². The molecule has 1 aliphatic heterocycles. The van der Waals surface area contributed by atoms with Crippen LogP contribution in [0.4, 0.5) is 0 Å². The third-order valence-electron chi connectivity index (χ3n) is 16.9. The van der Waals surface area contributed by atoms with E-state index in [-0.39, 0.29) is 24.4 Å². The summed E-state index contributed by atoms with van der Waals surface area (Å²) in [6, 6.07) is 17.9. The van der Waals surface area contributed by atoms with Crippen LogP contribution in [0.2, 0.25) is 16.6 Å². The van der Waals surface area contributed by atoms with Crippen LogP contribution in [0.25, 0.3) is 11.1 Å². The van der Waals surface area contributed by atoms with Gasteiger partial charge >= 0.3 is 7.12 Å². The van der Waals surface area contributed by atoms with Crippen LogP contribution in [0.15, 0.2) is 96.5 Å². The Morgan fingerprint density at radius 1 is 0.787 bits per heavy atom. The van der Waals surface area contributed by atoms with Crippen LogP contribution in [0, 0.1) is 23.7 Å². The summed E-state index contributed by atoms with van der Waals surface area (Å²) in [5.41, 5.74) is 11.8. The molecule has 8 heteroatoms. The molecule has 2 aliphatic rings. The third-order valence-corrected chi connectivity index (χ3v) is 23.0. The predicted octanol–water partition coefficient (Wildman–Crippen LogP) is 19.6. The summed E-state index contributed by atoms with van der Waals surface area (Å²) >= 11 is 0. The Kier molecular flexibility index (Phi) is 31.4. The van der Waals surface area contributed by atoms with E-state index in [1.807, 2.05) is 19.9 Å². The zero-order chi connectivity index (χ0) is 60.6. The SMILES string of the molecule is C#CC[C@@H](C)C[C@H](O[Si](C(C)C)(C(C)C)C(C)C)C(=C)C.C=C1/C(=C\C=C(/CCCC)c2cccc(CCCCC(C)(C)O)c2)C[C@@H](O)C[C@@H]1O.CCCC/C(=C\B1OC(C)(C)C(C)(C)O1)c1cccc(CCCCC(C)(C)C)c1. The van der Waals surface area contributed by atoms with Gasteiger partial charge in [0.25, 0.3) is 0 Å². The summed E-state index contributed by atoms with van der Waals surface area (Å²) in [5, 5.41) is 30.0. The molecule has 1 saturated heterocycles. The first-order valence-electron chi connectivity index (χ1n) is 31.4. The second-order valence-electron chi connectivity index (χ2n) is 27.7. The Balaban J connectivity index is 0.000000418. The van der Waals surface area contributed by atoms with Crippen LogP contribution >= 0.6 is 0 Å². The van der Waals surface area contributed by atoms with Gasteiger partial charge in [-0.2, -0.15) is 0 Å². The molecule has 2 aromatic rings. The van der Waals surface area contributed by atoms with Crippen LogP contribution in [-0.4, -0.2) is 65.9 Å². The molecule has 1 heterocycles. The van der Waals surface area contributed by atoms with Gasteiger partial charge in [0.2, 0.25) is 8.32 Å². The van der Waals surface area contributed by atoms with E-state index < -0.39 is 26.1 Å². The molecular weight excluding hydrogens is 1000 g/mol. The fraction of sp³-hybridized carbons (Fsp3) is 0.667. The van der Waals surface area contributed by atoms with E-state index in [0.29, 0.717) is 40.8 Å².